The third kappa shape index (κ3) is 3.05. The van der Waals surface area contributed by atoms with E-state index in [1.54, 1.807) is 19.2 Å². The van der Waals surface area contributed by atoms with Crippen LogP contribution in [0.2, 0.25) is 0 Å². The molecule has 3 aromatic rings. The lowest BCUT2D eigenvalue weighted by molar-refractivity contribution is 0.414. The molecule has 0 radical (unpaired) electrons. The fourth-order valence-corrected chi connectivity index (χ4v) is 3.52. The number of ether oxygens (including phenoxy) is 1. The number of rotatable bonds is 4. The third-order valence-corrected chi connectivity index (χ3v) is 4.80. The summed E-state index contributed by atoms with van der Waals surface area (Å²) in [5.41, 5.74) is 6.33. The Hall–Kier alpha value is -2.94. The summed E-state index contributed by atoms with van der Waals surface area (Å²) in [6.07, 6.45) is 1.07. The van der Waals surface area contributed by atoms with Crippen molar-refractivity contribution >= 4 is 5.69 Å². The molecular formula is C22H21NO2. The lowest BCUT2D eigenvalue weighted by atomic mass is 10.00. The van der Waals surface area contributed by atoms with E-state index in [1.165, 1.54) is 22.4 Å². The maximum Gasteiger partial charge on any atom is 0.118 e. The van der Waals surface area contributed by atoms with Crippen molar-refractivity contribution in [1.82, 2.24) is 0 Å². The summed E-state index contributed by atoms with van der Waals surface area (Å²) in [5, 5.41) is 9.57. The molecule has 0 saturated carbocycles. The number of hydrogen-bond donors (Lipinski definition) is 1. The Morgan fingerprint density at radius 3 is 2.44 bits per heavy atom. The van der Waals surface area contributed by atoms with Crippen molar-refractivity contribution in [2.24, 2.45) is 0 Å². The van der Waals surface area contributed by atoms with Gasteiger partial charge in [0.1, 0.15) is 11.5 Å². The minimum atomic E-state index is 0.298. The van der Waals surface area contributed by atoms with E-state index in [2.05, 4.69) is 35.2 Å². The Morgan fingerprint density at radius 1 is 0.960 bits per heavy atom. The molecule has 0 aromatic heterocycles. The molecule has 0 bridgehead atoms. The second-order valence-corrected chi connectivity index (χ2v) is 6.38. The largest absolute Gasteiger partial charge is 0.508 e. The van der Waals surface area contributed by atoms with E-state index in [-0.39, 0.29) is 0 Å². The second-order valence-electron chi connectivity index (χ2n) is 6.38. The third-order valence-electron chi connectivity index (χ3n) is 4.80. The average molecular weight is 331 g/mol. The Balaban J connectivity index is 1.67. The number of phenols is 1. The first-order valence-corrected chi connectivity index (χ1v) is 8.54. The van der Waals surface area contributed by atoms with E-state index >= 15 is 0 Å². The number of hydrogen-bond acceptors (Lipinski definition) is 3. The Morgan fingerprint density at radius 2 is 1.72 bits per heavy atom. The second kappa shape index (κ2) is 6.52. The van der Waals surface area contributed by atoms with Gasteiger partial charge in [0.25, 0.3) is 0 Å². The van der Waals surface area contributed by atoms with Gasteiger partial charge >= 0.3 is 0 Å². The number of anilines is 1. The van der Waals surface area contributed by atoms with Crippen LogP contribution in [0.5, 0.6) is 11.5 Å². The van der Waals surface area contributed by atoms with Gasteiger partial charge in [-0.05, 0) is 47.4 Å². The highest BCUT2D eigenvalue weighted by molar-refractivity contribution is 5.82. The highest BCUT2D eigenvalue weighted by atomic mass is 16.5. The van der Waals surface area contributed by atoms with Crippen LogP contribution < -0.4 is 9.64 Å². The fourth-order valence-electron chi connectivity index (χ4n) is 3.52. The molecule has 1 aliphatic rings. The summed E-state index contributed by atoms with van der Waals surface area (Å²) in [4.78, 5) is 2.44. The lowest BCUT2D eigenvalue weighted by Gasteiger charge is -2.23. The molecule has 0 atom stereocenters. The SMILES string of the molecule is COc1ccc(CN2CCc3cccc(-c4ccc(O)cc4)c32)cc1. The number of nitrogens with zero attached hydrogens (tertiary/aromatic N) is 1. The van der Waals surface area contributed by atoms with Gasteiger partial charge in [-0.3, -0.25) is 0 Å². The van der Waals surface area contributed by atoms with Gasteiger partial charge in [0.05, 0.1) is 7.11 Å². The zero-order chi connectivity index (χ0) is 17.2. The first-order valence-electron chi connectivity index (χ1n) is 8.54. The van der Waals surface area contributed by atoms with Gasteiger partial charge < -0.3 is 14.7 Å². The van der Waals surface area contributed by atoms with Crippen molar-refractivity contribution in [2.75, 3.05) is 18.6 Å². The van der Waals surface area contributed by atoms with Gasteiger partial charge in [0.15, 0.2) is 0 Å². The van der Waals surface area contributed by atoms with Gasteiger partial charge in [-0.1, -0.05) is 42.5 Å². The number of phenolic OH excluding ortho intramolecular Hbond substituents is 1. The summed E-state index contributed by atoms with van der Waals surface area (Å²) in [6.45, 7) is 1.91. The van der Waals surface area contributed by atoms with Gasteiger partial charge in [-0.25, -0.2) is 0 Å². The molecule has 1 heterocycles. The molecule has 1 N–H and O–H groups in total. The molecule has 0 fully saturated rings. The monoisotopic (exact) mass is 331 g/mol. The number of para-hydroxylation sites is 1. The Kier molecular flexibility index (Phi) is 4.06. The zero-order valence-corrected chi connectivity index (χ0v) is 14.3. The van der Waals surface area contributed by atoms with E-state index in [0.717, 1.165) is 30.8 Å². The molecule has 1 aliphatic heterocycles. The van der Waals surface area contributed by atoms with Crippen molar-refractivity contribution in [1.29, 1.82) is 0 Å². The highest BCUT2D eigenvalue weighted by Crippen LogP contribution is 2.39. The topological polar surface area (TPSA) is 32.7 Å². The van der Waals surface area contributed by atoms with Gasteiger partial charge in [-0.2, -0.15) is 0 Å². The molecule has 0 aliphatic carbocycles. The zero-order valence-electron chi connectivity index (χ0n) is 14.3. The lowest BCUT2D eigenvalue weighted by Crippen LogP contribution is -2.20. The average Bonchev–Trinajstić information content (AvgIpc) is 3.06. The predicted octanol–water partition coefficient (Wildman–Crippen LogP) is 4.63. The number of fused-ring (bicyclic) bond motifs is 1. The van der Waals surface area contributed by atoms with Crippen LogP contribution in [0.4, 0.5) is 5.69 Å². The number of benzene rings is 3. The minimum absolute atomic E-state index is 0.298. The minimum Gasteiger partial charge on any atom is -0.508 e. The van der Waals surface area contributed by atoms with Crippen LogP contribution in [0.25, 0.3) is 11.1 Å². The van der Waals surface area contributed by atoms with Crippen LogP contribution in [0.3, 0.4) is 0 Å². The fraction of sp³-hybridized carbons (Fsp3) is 0.182. The molecule has 0 unspecified atom stereocenters. The molecule has 0 saturated heterocycles. The van der Waals surface area contributed by atoms with Crippen molar-refractivity contribution in [3.05, 3.63) is 77.9 Å². The van der Waals surface area contributed by atoms with Crippen molar-refractivity contribution in [3.63, 3.8) is 0 Å². The first-order chi connectivity index (χ1) is 12.2. The summed E-state index contributed by atoms with van der Waals surface area (Å²) < 4.78 is 5.25. The molecule has 25 heavy (non-hydrogen) atoms. The van der Waals surface area contributed by atoms with Gasteiger partial charge in [0, 0.05) is 24.3 Å². The standard InChI is InChI=1S/C22H21NO2/c1-25-20-11-5-16(6-12-20)15-23-14-13-18-3-2-4-21(22(18)23)17-7-9-19(24)10-8-17/h2-12,24H,13-15H2,1H3. The van der Waals surface area contributed by atoms with Crippen LogP contribution in [0.1, 0.15) is 11.1 Å². The van der Waals surface area contributed by atoms with Crippen molar-refractivity contribution < 1.29 is 9.84 Å². The van der Waals surface area contributed by atoms with Crippen molar-refractivity contribution in [2.45, 2.75) is 13.0 Å². The van der Waals surface area contributed by atoms with Gasteiger partial charge in [0.2, 0.25) is 0 Å². The van der Waals surface area contributed by atoms with Crippen LogP contribution >= 0.6 is 0 Å². The smallest absolute Gasteiger partial charge is 0.118 e. The summed E-state index contributed by atoms with van der Waals surface area (Å²) in [6, 6.07) is 22.2. The van der Waals surface area contributed by atoms with E-state index in [4.69, 9.17) is 4.74 Å². The molecule has 126 valence electrons. The van der Waals surface area contributed by atoms with E-state index in [0.29, 0.717) is 5.75 Å². The van der Waals surface area contributed by atoms with Gasteiger partial charge in [-0.15, -0.1) is 0 Å². The van der Waals surface area contributed by atoms with E-state index in [9.17, 15) is 5.11 Å². The molecule has 3 aromatic carbocycles. The van der Waals surface area contributed by atoms with E-state index < -0.39 is 0 Å². The van der Waals surface area contributed by atoms with Crippen molar-refractivity contribution in [3.8, 4) is 22.6 Å². The summed E-state index contributed by atoms with van der Waals surface area (Å²) in [7, 11) is 1.69. The summed E-state index contributed by atoms with van der Waals surface area (Å²) in [5.74, 6) is 1.18. The predicted molar refractivity (Wildman–Crippen MR) is 101 cm³/mol. The van der Waals surface area contributed by atoms with Crippen LogP contribution in [-0.4, -0.2) is 18.8 Å². The normalized spacial score (nSPS) is 12.9. The maximum absolute atomic E-state index is 9.57. The van der Waals surface area contributed by atoms with Crippen LogP contribution in [0.15, 0.2) is 66.7 Å². The molecular weight excluding hydrogens is 310 g/mol. The highest BCUT2D eigenvalue weighted by Gasteiger charge is 2.22. The number of aromatic hydroxyl groups is 1. The van der Waals surface area contributed by atoms with Crippen LogP contribution in [0, 0.1) is 0 Å². The molecule has 3 heteroatoms. The molecule has 3 nitrogen and oxygen atoms in total. The molecule has 0 amide bonds. The Labute approximate surface area is 148 Å². The molecule has 0 spiro atoms. The quantitative estimate of drug-likeness (QED) is 0.756. The summed E-state index contributed by atoms with van der Waals surface area (Å²) >= 11 is 0. The molecule has 4 rings (SSSR count). The Bertz CT molecular complexity index is 870. The van der Waals surface area contributed by atoms with Crippen LogP contribution in [-0.2, 0) is 13.0 Å². The van der Waals surface area contributed by atoms with E-state index in [1.807, 2.05) is 24.3 Å². The first kappa shape index (κ1) is 15.6. The maximum atomic E-state index is 9.57. The number of methoxy groups -OCH3 is 1.